The molecule has 31 heavy (non-hydrogen) atoms. The van der Waals surface area contributed by atoms with Gasteiger partial charge in [-0.1, -0.05) is 89.5 Å². The van der Waals surface area contributed by atoms with Crippen molar-refractivity contribution in [2.45, 2.75) is 122 Å². The molecule has 0 aliphatic rings. The van der Waals surface area contributed by atoms with Crippen molar-refractivity contribution in [1.82, 2.24) is 5.32 Å². The van der Waals surface area contributed by atoms with E-state index in [0.29, 0.717) is 6.42 Å². The van der Waals surface area contributed by atoms with Gasteiger partial charge in [-0.05, 0) is 25.7 Å². The minimum absolute atomic E-state index is 0.157. The monoisotopic (exact) mass is 441 g/mol. The Morgan fingerprint density at radius 2 is 1.45 bits per heavy atom. The van der Waals surface area contributed by atoms with Gasteiger partial charge in [0.05, 0.1) is 18.8 Å². The van der Waals surface area contributed by atoms with Crippen molar-refractivity contribution in [1.29, 1.82) is 0 Å². The molecule has 0 aromatic rings. The standard InChI is InChI=1S/C25H47NO5/c1-3-5-7-8-9-10-11-12-13-14-15-17-19-23(29)25(31)26-21(20-27)24(30)22(28)18-16-6-4-2/h12-13,15,17,21-24,27-30H,3-11,14,16,18-20H2,1-2H3,(H,26,31)/b13-12-,17-15-. The van der Waals surface area contributed by atoms with E-state index in [1.54, 1.807) is 6.08 Å². The van der Waals surface area contributed by atoms with E-state index in [1.165, 1.54) is 38.5 Å². The van der Waals surface area contributed by atoms with Crippen molar-refractivity contribution >= 4 is 5.91 Å². The fourth-order valence-electron chi connectivity index (χ4n) is 3.32. The lowest BCUT2D eigenvalue weighted by atomic mass is 10.00. The summed E-state index contributed by atoms with van der Waals surface area (Å²) in [7, 11) is 0. The van der Waals surface area contributed by atoms with E-state index in [9.17, 15) is 25.2 Å². The van der Waals surface area contributed by atoms with Crippen LogP contribution in [0.1, 0.15) is 97.3 Å². The third-order valence-electron chi connectivity index (χ3n) is 5.43. The van der Waals surface area contributed by atoms with Crippen LogP contribution in [0, 0.1) is 0 Å². The van der Waals surface area contributed by atoms with Crippen LogP contribution in [0.5, 0.6) is 0 Å². The Balaban J connectivity index is 4.08. The zero-order valence-corrected chi connectivity index (χ0v) is 19.7. The van der Waals surface area contributed by atoms with Gasteiger partial charge in [-0.25, -0.2) is 0 Å². The molecule has 0 aromatic carbocycles. The molecule has 6 nitrogen and oxygen atoms in total. The van der Waals surface area contributed by atoms with Crippen molar-refractivity contribution in [2.75, 3.05) is 6.61 Å². The summed E-state index contributed by atoms with van der Waals surface area (Å²) < 4.78 is 0. The van der Waals surface area contributed by atoms with E-state index in [2.05, 4.69) is 24.4 Å². The molecule has 0 spiro atoms. The first-order valence-corrected chi connectivity index (χ1v) is 12.2. The molecule has 182 valence electrons. The van der Waals surface area contributed by atoms with Crippen LogP contribution in [0.2, 0.25) is 0 Å². The Bertz CT molecular complexity index is 481. The van der Waals surface area contributed by atoms with Gasteiger partial charge in [-0.2, -0.15) is 0 Å². The number of hydrogen-bond acceptors (Lipinski definition) is 5. The maximum absolute atomic E-state index is 12.1. The fourth-order valence-corrected chi connectivity index (χ4v) is 3.32. The Morgan fingerprint density at radius 1 is 0.839 bits per heavy atom. The summed E-state index contributed by atoms with van der Waals surface area (Å²) in [5.41, 5.74) is 0. The van der Waals surface area contributed by atoms with Crippen LogP contribution in [0.4, 0.5) is 0 Å². The van der Waals surface area contributed by atoms with Crippen LogP contribution in [-0.4, -0.2) is 57.3 Å². The number of nitrogens with one attached hydrogen (secondary N) is 1. The fraction of sp³-hybridized carbons (Fsp3) is 0.800. The van der Waals surface area contributed by atoms with Gasteiger partial charge in [-0.15, -0.1) is 0 Å². The Morgan fingerprint density at radius 3 is 2.13 bits per heavy atom. The van der Waals surface area contributed by atoms with Crippen molar-refractivity contribution < 1.29 is 25.2 Å². The average Bonchev–Trinajstić information content (AvgIpc) is 2.77. The molecule has 0 bridgehead atoms. The quantitative estimate of drug-likeness (QED) is 0.146. The number of carbonyl (C=O) groups excluding carboxylic acids is 1. The lowest BCUT2D eigenvalue weighted by Gasteiger charge is -2.27. The topological polar surface area (TPSA) is 110 Å². The molecule has 0 saturated carbocycles. The van der Waals surface area contributed by atoms with Gasteiger partial charge in [0.2, 0.25) is 5.91 Å². The predicted molar refractivity (Wildman–Crippen MR) is 127 cm³/mol. The van der Waals surface area contributed by atoms with Gasteiger partial charge in [0.15, 0.2) is 0 Å². The third-order valence-corrected chi connectivity index (χ3v) is 5.43. The summed E-state index contributed by atoms with van der Waals surface area (Å²) in [6, 6.07) is -1.01. The molecule has 0 heterocycles. The number of aliphatic hydroxyl groups is 4. The summed E-state index contributed by atoms with van der Waals surface area (Å²) in [4.78, 5) is 12.1. The molecule has 0 fully saturated rings. The second-order valence-electron chi connectivity index (χ2n) is 8.34. The van der Waals surface area contributed by atoms with Gasteiger partial charge in [0.25, 0.3) is 0 Å². The smallest absolute Gasteiger partial charge is 0.249 e. The summed E-state index contributed by atoms with van der Waals surface area (Å²) in [5, 5.41) is 42.1. The normalized spacial score (nSPS) is 15.9. The molecule has 4 atom stereocenters. The summed E-state index contributed by atoms with van der Waals surface area (Å²) in [6.45, 7) is 3.76. The largest absolute Gasteiger partial charge is 0.394 e. The lowest BCUT2D eigenvalue weighted by molar-refractivity contribution is -0.132. The van der Waals surface area contributed by atoms with Crippen molar-refractivity contribution in [2.24, 2.45) is 0 Å². The van der Waals surface area contributed by atoms with Gasteiger partial charge < -0.3 is 25.7 Å². The van der Waals surface area contributed by atoms with Crippen molar-refractivity contribution in [3.05, 3.63) is 24.3 Å². The van der Waals surface area contributed by atoms with Crippen LogP contribution < -0.4 is 5.32 Å². The Hall–Kier alpha value is -1.21. The molecule has 1 amide bonds. The van der Waals surface area contributed by atoms with Crippen LogP contribution in [0.3, 0.4) is 0 Å². The van der Waals surface area contributed by atoms with E-state index >= 15 is 0 Å². The van der Waals surface area contributed by atoms with Gasteiger partial charge in [0.1, 0.15) is 12.2 Å². The summed E-state index contributed by atoms with van der Waals surface area (Å²) in [5.74, 6) is -0.665. The molecule has 6 heteroatoms. The molecular formula is C25H47NO5. The number of allylic oxidation sites excluding steroid dienone is 3. The molecule has 0 radical (unpaired) electrons. The first-order chi connectivity index (χ1) is 15.0. The predicted octanol–water partition coefficient (Wildman–Crippen LogP) is 3.77. The molecule has 0 aromatic heterocycles. The van der Waals surface area contributed by atoms with Gasteiger partial charge in [-0.3, -0.25) is 4.79 Å². The van der Waals surface area contributed by atoms with Gasteiger partial charge >= 0.3 is 0 Å². The minimum atomic E-state index is -1.27. The zero-order valence-electron chi connectivity index (χ0n) is 19.7. The number of amides is 1. The van der Waals surface area contributed by atoms with E-state index in [0.717, 1.165) is 32.1 Å². The molecule has 5 N–H and O–H groups in total. The number of carbonyl (C=O) groups is 1. The molecule has 4 unspecified atom stereocenters. The zero-order chi connectivity index (χ0) is 23.3. The van der Waals surface area contributed by atoms with Crippen LogP contribution in [-0.2, 0) is 4.79 Å². The van der Waals surface area contributed by atoms with E-state index < -0.39 is 36.9 Å². The molecular weight excluding hydrogens is 394 g/mol. The van der Waals surface area contributed by atoms with Gasteiger partial charge in [0, 0.05) is 6.42 Å². The first-order valence-electron chi connectivity index (χ1n) is 12.2. The number of rotatable bonds is 20. The minimum Gasteiger partial charge on any atom is -0.394 e. The molecule has 0 saturated heterocycles. The lowest BCUT2D eigenvalue weighted by Crippen LogP contribution is -2.53. The highest BCUT2D eigenvalue weighted by Crippen LogP contribution is 2.10. The van der Waals surface area contributed by atoms with E-state index in [-0.39, 0.29) is 6.42 Å². The average molecular weight is 442 g/mol. The van der Waals surface area contributed by atoms with E-state index in [4.69, 9.17) is 0 Å². The van der Waals surface area contributed by atoms with Crippen LogP contribution in [0.25, 0.3) is 0 Å². The van der Waals surface area contributed by atoms with E-state index in [1.807, 2.05) is 13.0 Å². The van der Waals surface area contributed by atoms with Crippen LogP contribution in [0.15, 0.2) is 24.3 Å². The SMILES string of the molecule is CCCCCCCC/C=C\C/C=C\CC(O)C(=O)NC(CO)C(O)C(O)CCCCC. The van der Waals surface area contributed by atoms with Crippen molar-refractivity contribution in [3.63, 3.8) is 0 Å². The molecule has 0 rings (SSSR count). The summed E-state index contributed by atoms with van der Waals surface area (Å²) >= 11 is 0. The highest BCUT2D eigenvalue weighted by Gasteiger charge is 2.28. The first kappa shape index (κ1) is 29.8. The number of hydrogen-bond donors (Lipinski definition) is 5. The van der Waals surface area contributed by atoms with Crippen LogP contribution >= 0.6 is 0 Å². The Kier molecular flexibility index (Phi) is 19.9. The molecule has 0 aliphatic heterocycles. The third kappa shape index (κ3) is 16.1. The molecule has 0 aliphatic carbocycles. The number of aliphatic hydroxyl groups excluding tert-OH is 4. The highest BCUT2D eigenvalue weighted by molar-refractivity contribution is 5.81. The number of unbranched alkanes of at least 4 members (excludes halogenated alkanes) is 8. The second-order valence-corrected chi connectivity index (χ2v) is 8.34. The Labute approximate surface area is 189 Å². The van der Waals surface area contributed by atoms with Crippen molar-refractivity contribution in [3.8, 4) is 0 Å². The second kappa shape index (κ2) is 20.7. The highest BCUT2D eigenvalue weighted by atomic mass is 16.3. The maximum atomic E-state index is 12.1. The summed E-state index contributed by atoms with van der Waals surface area (Å²) in [6.07, 6.45) is 17.2. The maximum Gasteiger partial charge on any atom is 0.249 e.